The lowest BCUT2D eigenvalue weighted by Crippen LogP contribution is -2.06. The number of amides is 1. The Morgan fingerprint density at radius 3 is 2.36 bits per heavy atom. The number of hydrogen-bond donors (Lipinski definition) is 2. The fourth-order valence-corrected chi connectivity index (χ4v) is 3.39. The zero-order valence-corrected chi connectivity index (χ0v) is 13.8. The summed E-state index contributed by atoms with van der Waals surface area (Å²) in [6.45, 7) is 1.50. The average molecular weight is 327 g/mol. The van der Waals surface area contributed by atoms with E-state index in [1.54, 1.807) is 6.07 Å². The van der Waals surface area contributed by atoms with Crippen LogP contribution in [0.15, 0.2) is 72.8 Å². The molecule has 1 amide bonds. The molecule has 0 bridgehead atoms. The zero-order chi connectivity index (χ0) is 17.4. The molecule has 2 N–H and O–H groups in total. The van der Waals surface area contributed by atoms with Gasteiger partial charge in [-0.25, -0.2) is 0 Å². The van der Waals surface area contributed by atoms with Crippen LogP contribution >= 0.6 is 0 Å². The van der Waals surface area contributed by atoms with E-state index in [2.05, 4.69) is 5.32 Å². The molecule has 0 saturated carbocycles. The number of rotatable bonds is 2. The maximum Gasteiger partial charge on any atom is 0.221 e. The Morgan fingerprint density at radius 1 is 0.840 bits per heavy atom. The molecule has 3 nitrogen and oxygen atoms in total. The molecule has 3 heteroatoms. The highest BCUT2D eigenvalue weighted by Gasteiger charge is 2.15. The number of fused-ring (bicyclic) bond motifs is 2. The van der Waals surface area contributed by atoms with E-state index in [-0.39, 0.29) is 11.7 Å². The predicted octanol–water partition coefficient (Wildman–Crippen LogP) is 5.32. The minimum atomic E-state index is -0.121. The minimum absolute atomic E-state index is 0.121. The Labute approximate surface area is 145 Å². The number of carbonyl (C=O) groups excluding carboxylic acids is 1. The van der Waals surface area contributed by atoms with E-state index < -0.39 is 0 Å². The van der Waals surface area contributed by atoms with Crippen molar-refractivity contribution in [3.63, 3.8) is 0 Å². The quantitative estimate of drug-likeness (QED) is 0.523. The molecule has 25 heavy (non-hydrogen) atoms. The number of benzene rings is 4. The van der Waals surface area contributed by atoms with E-state index in [1.165, 1.54) is 6.92 Å². The van der Waals surface area contributed by atoms with Crippen molar-refractivity contribution in [1.82, 2.24) is 0 Å². The van der Waals surface area contributed by atoms with Crippen LogP contribution < -0.4 is 5.32 Å². The fraction of sp³-hybridized carbons (Fsp3) is 0.0455. The molecular weight excluding hydrogens is 310 g/mol. The van der Waals surface area contributed by atoms with Crippen molar-refractivity contribution in [3.05, 3.63) is 72.8 Å². The number of phenolic OH excluding ortho intramolecular Hbond substituents is 1. The van der Waals surface area contributed by atoms with Gasteiger partial charge in [0.15, 0.2) is 0 Å². The normalized spacial score (nSPS) is 10.9. The second-order valence-electron chi connectivity index (χ2n) is 6.07. The summed E-state index contributed by atoms with van der Waals surface area (Å²) in [6.07, 6.45) is 0. The molecule has 4 aromatic rings. The summed E-state index contributed by atoms with van der Waals surface area (Å²) in [5, 5.41) is 17.5. The lowest BCUT2D eigenvalue weighted by Gasteiger charge is -2.15. The highest BCUT2D eigenvalue weighted by molar-refractivity contribution is 6.13. The molecule has 4 aromatic carbocycles. The Balaban J connectivity index is 2.12. The maximum atomic E-state index is 11.6. The van der Waals surface area contributed by atoms with Gasteiger partial charge < -0.3 is 10.4 Å². The number of hydrogen-bond acceptors (Lipinski definition) is 2. The first kappa shape index (κ1) is 15.2. The molecular formula is C22H17NO2. The minimum Gasteiger partial charge on any atom is -0.507 e. The van der Waals surface area contributed by atoms with Gasteiger partial charge in [0.1, 0.15) is 5.75 Å². The van der Waals surface area contributed by atoms with Gasteiger partial charge in [-0.05, 0) is 33.9 Å². The number of aromatic hydroxyl groups is 1. The van der Waals surface area contributed by atoms with Gasteiger partial charge in [-0.1, -0.05) is 60.7 Å². The SMILES string of the molecule is CC(=O)Nc1cccc2cccc(-c3c(O)ccc4ccccc34)c12. The summed E-state index contributed by atoms with van der Waals surface area (Å²) < 4.78 is 0. The lowest BCUT2D eigenvalue weighted by molar-refractivity contribution is -0.114. The summed E-state index contributed by atoms with van der Waals surface area (Å²) in [6, 6.07) is 23.4. The van der Waals surface area contributed by atoms with E-state index in [0.717, 1.165) is 38.4 Å². The van der Waals surface area contributed by atoms with Crippen LogP contribution in [0.5, 0.6) is 5.75 Å². The van der Waals surface area contributed by atoms with Crippen LogP contribution in [0.1, 0.15) is 6.92 Å². The maximum absolute atomic E-state index is 11.6. The first-order valence-electron chi connectivity index (χ1n) is 8.15. The number of anilines is 1. The molecule has 0 radical (unpaired) electrons. The van der Waals surface area contributed by atoms with Gasteiger partial charge in [-0.3, -0.25) is 4.79 Å². The standard InChI is InChI=1S/C22H17NO2/c1-14(24)23-19-11-5-8-16-7-4-10-18(21(16)19)22-17-9-3-2-6-15(17)12-13-20(22)25/h2-13,25H,1H3,(H,23,24). The third kappa shape index (κ3) is 2.60. The third-order valence-corrected chi connectivity index (χ3v) is 4.39. The summed E-state index contributed by atoms with van der Waals surface area (Å²) in [7, 11) is 0. The first-order chi connectivity index (χ1) is 12.1. The Hall–Kier alpha value is -3.33. The topological polar surface area (TPSA) is 49.3 Å². The van der Waals surface area contributed by atoms with Crippen LogP contribution in [0, 0.1) is 0 Å². The van der Waals surface area contributed by atoms with Gasteiger partial charge in [-0.2, -0.15) is 0 Å². The van der Waals surface area contributed by atoms with Crippen molar-refractivity contribution < 1.29 is 9.90 Å². The van der Waals surface area contributed by atoms with Gasteiger partial charge in [0.2, 0.25) is 5.91 Å². The molecule has 122 valence electrons. The van der Waals surface area contributed by atoms with Gasteiger partial charge in [0, 0.05) is 23.6 Å². The average Bonchev–Trinajstić information content (AvgIpc) is 2.61. The molecule has 0 aliphatic carbocycles. The van der Waals surface area contributed by atoms with Crippen LogP contribution in [0.2, 0.25) is 0 Å². The second-order valence-corrected chi connectivity index (χ2v) is 6.07. The molecule has 4 rings (SSSR count). The second kappa shape index (κ2) is 5.95. The van der Waals surface area contributed by atoms with Crippen molar-refractivity contribution in [3.8, 4) is 16.9 Å². The van der Waals surface area contributed by atoms with Crippen LogP contribution in [0.4, 0.5) is 5.69 Å². The van der Waals surface area contributed by atoms with E-state index in [9.17, 15) is 9.90 Å². The van der Waals surface area contributed by atoms with Crippen LogP contribution in [-0.4, -0.2) is 11.0 Å². The number of nitrogens with one attached hydrogen (secondary N) is 1. The predicted molar refractivity (Wildman–Crippen MR) is 103 cm³/mol. The Morgan fingerprint density at radius 2 is 1.56 bits per heavy atom. The van der Waals surface area contributed by atoms with Crippen molar-refractivity contribution >= 4 is 33.1 Å². The molecule has 0 saturated heterocycles. The molecule has 0 unspecified atom stereocenters. The molecule has 0 heterocycles. The van der Waals surface area contributed by atoms with E-state index >= 15 is 0 Å². The molecule has 0 aliphatic rings. The summed E-state index contributed by atoms with van der Waals surface area (Å²) in [4.78, 5) is 11.6. The fourth-order valence-electron chi connectivity index (χ4n) is 3.39. The van der Waals surface area contributed by atoms with Crippen molar-refractivity contribution in [2.45, 2.75) is 6.92 Å². The van der Waals surface area contributed by atoms with Crippen LogP contribution in [0.3, 0.4) is 0 Å². The van der Waals surface area contributed by atoms with Crippen molar-refractivity contribution in [1.29, 1.82) is 0 Å². The number of carbonyl (C=O) groups is 1. The largest absolute Gasteiger partial charge is 0.507 e. The third-order valence-electron chi connectivity index (χ3n) is 4.39. The molecule has 0 aromatic heterocycles. The lowest BCUT2D eigenvalue weighted by atomic mass is 9.92. The molecule has 0 spiro atoms. The highest BCUT2D eigenvalue weighted by atomic mass is 16.3. The smallest absolute Gasteiger partial charge is 0.221 e. The highest BCUT2D eigenvalue weighted by Crippen LogP contribution is 2.42. The summed E-state index contributed by atoms with van der Waals surface area (Å²) >= 11 is 0. The monoisotopic (exact) mass is 327 g/mol. The van der Waals surface area contributed by atoms with Gasteiger partial charge in [0.25, 0.3) is 0 Å². The zero-order valence-electron chi connectivity index (χ0n) is 13.8. The van der Waals surface area contributed by atoms with Gasteiger partial charge in [0.05, 0.1) is 0 Å². The molecule has 0 atom stereocenters. The van der Waals surface area contributed by atoms with E-state index in [1.807, 2.05) is 66.7 Å². The number of phenols is 1. The van der Waals surface area contributed by atoms with Crippen LogP contribution in [-0.2, 0) is 4.79 Å². The van der Waals surface area contributed by atoms with E-state index in [4.69, 9.17) is 0 Å². The Kier molecular flexibility index (Phi) is 3.62. The summed E-state index contributed by atoms with van der Waals surface area (Å²) in [5.74, 6) is 0.105. The van der Waals surface area contributed by atoms with Gasteiger partial charge >= 0.3 is 0 Å². The van der Waals surface area contributed by atoms with Crippen LogP contribution in [0.25, 0.3) is 32.7 Å². The van der Waals surface area contributed by atoms with Crippen molar-refractivity contribution in [2.24, 2.45) is 0 Å². The molecule has 0 fully saturated rings. The van der Waals surface area contributed by atoms with Gasteiger partial charge in [-0.15, -0.1) is 0 Å². The Bertz CT molecular complexity index is 1110. The summed E-state index contributed by atoms with van der Waals surface area (Å²) in [5.41, 5.74) is 2.42. The molecule has 0 aliphatic heterocycles. The first-order valence-corrected chi connectivity index (χ1v) is 8.15. The van der Waals surface area contributed by atoms with E-state index in [0.29, 0.717) is 0 Å². The van der Waals surface area contributed by atoms with Crippen molar-refractivity contribution in [2.75, 3.05) is 5.32 Å².